The summed E-state index contributed by atoms with van der Waals surface area (Å²) in [4.78, 5) is 26.4. The standard InChI is InChI=1S/C20H26N2O4S/c1-25-12-5-11-21-19(24)18-15-7-2-3-8-16(15)27-20(18)22-17(23)10-9-14-6-4-13-26-14/h4,6,13H,2-3,5,7-12H2,1H3,(H,21,24)(H,22,23). The fourth-order valence-electron chi connectivity index (χ4n) is 3.28. The topological polar surface area (TPSA) is 80.6 Å². The highest BCUT2D eigenvalue weighted by molar-refractivity contribution is 7.17. The lowest BCUT2D eigenvalue weighted by atomic mass is 9.95. The molecule has 0 fully saturated rings. The minimum Gasteiger partial charge on any atom is -0.469 e. The van der Waals surface area contributed by atoms with Crippen LogP contribution in [0, 0.1) is 0 Å². The number of aryl methyl sites for hydroxylation is 2. The number of furan rings is 1. The van der Waals surface area contributed by atoms with Crippen LogP contribution in [0.2, 0.25) is 0 Å². The third-order valence-corrected chi connectivity index (χ3v) is 5.85. The van der Waals surface area contributed by atoms with Gasteiger partial charge < -0.3 is 19.8 Å². The molecule has 2 aromatic heterocycles. The number of hydrogen-bond acceptors (Lipinski definition) is 5. The summed E-state index contributed by atoms with van der Waals surface area (Å²) in [6.07, 6.45) is 7.33. The molecule has 2 amide bonds. The molecule has 146 valence electrons. The van der Waals surface area contributed by atoms with E-state index in [0.717, 1.165) is 43.4 Å². The molecule has 0 aromatic carbocycles. The smallest absolute Gasteiger partial charge is 0.254 e. The molecule has 3 rings (SSSR count). The predicted octanol–water partition coefficient (Wildman–Crippen LogP) is 3.56. The summed E-state index contributed by atoms with van der Waals surface area (Å²) >= 11 is 1.54. The van der Waals surface area contributed by atoms with Gasteiger partial charge in [-0.2, -0.15) is 0 Å². The summed E-state index contributed by atoms with van der Waals surface area (Å²) in [7, 11) is 1.65. The van der Waals surface area contributed by atoms with E-state index in [1.54, 1.807) is 24.7 Å². The van der Waals surface area contributed by atoms with Gasteiger partial charge in [0.2, 0.25) is 5.91 Å². The second-order valence-corrected chi connectivity index (χ2v) is 7.75. The number of thiophene rings is 1. The van der Waals surface area contributed by atoms with E-state index in [9.17, 15) is 9.59 Å². The molecular formula is C20H26N2O4S. The van der Waals surface area contributed by atoms with E-state index >= 15 is 0 Å². The first-order valence-electron chi connectivity index (χ1n) is 9.43. The Balaban J connectivity index is 1.68. The average molecular weight is 391 g/mol. The minimum atomic E-state index is -0.105. The fourth-order valence-corrected chi connectivity index (χ4v) is 4.58. The van der Waals surface area contributed by atoms with E-state index in [1.807, 2.05) is 12.1 Å². The quantitative estimate of drug-likeness (QED) is 0.642. The maximum atomic E-state index is 12.8. The molecule has 0 spiro atoms. The van der Waals surface area contributed by atoms with Gasteiger partial charge >= 0.3 is 0 Å². The van der Waals surface area contributed by atoms with Gasteiger partial charge in [-0.15, -0.1) is 11.3 Å². The summed E-state index contributed by atoms with van der Waals surface area (Å²) < 4.78 is 10.3. The molecule has 2 N–H and O–H groups in total. The number of ether oxygens (including phenoxy) is 1. The molecule has 2 aromatic rings. The maximum Gasteiger partial charge on any atom is 0.254 e. The number of methoxy groups -OCH3 is 1. The van der Waals surface area contributed by atoms with E-state index in [0.29, 0.717) is 36.6 Å². The number of carbonyl (C=O) groups excluding carboxylic acids is 2. The van der Waals surface area contributed by atoms with Crippen molar-refractivity contribution in [2.45, 2.75) is 44.9 Å². The molecule has 0 unspecified atom stereocenters. The molecule has 27 heavy (non-hydrogen) atoms. The summed E-state index contributed by atoms with van der Waals surface area (Å²) in [5, 5.41) is 6.60. The summed E-state index contributed by atoms with van der Waals surface area (Å²) in [5.41, 5.74) is 1.76. The molecule has 0 saturated carbocycles. The first-order valence-corrected chi connectivity index (χ1v) is 10.2. The molecular weight excluding hydrogens is 364 g/mol. The third-order valence-electron chi connectivity index (χ3n) is 4.64. The largest absolute Gasteiger partial charge is 0.469 e. The predicted molar refractivity (Wildman–Crippen MR) is 105 cm³/mol. The van der Waals surface area contributed by atoms with Gasteiger partial charge in [-0.1, -0.05) is 0 Å². The number of rotatable bonds is 9. The molecule has 1 aliphatic rings. The Hall–Kier alpha value is -2.12. The number of anilines is 1. The number of fused-ring (bicyclic) bond motifs is 1. The lowest BCUT2D eigenvalue weighted by Gasteiger charge is -2.13. The Labute approximate surface area is 163 Å². The van der Waals surface area contributed by atoms with Crippen molar-refractivity contribution >= 4 is 28.2 Å². The first kappa shape index (κ1) is 19.6. The molecule has 0 aliphatic heterocycles. The highest BCUT2D eigenvalue weighted by Crippen LogP contribution is 2.38. The monoisotopic (exact) mass is 390 g/mol. The summed E-state index contributed by atoms with van der Waals surface area (Å²) in [6.45, 7) is 1.17. The third kappa shape index (κ3) is 5.20. The lowest BCUT2D eigenvalue weighted by Crippen LogP contribution is -2.27. The first-order chi connectivity index (χ1) is 13.2. The van der Waals surface area contributed by atoms with Crippen LogP contribution in [0.3, 0.4) is 0 Å². The zero-order valence-electron chi connectivity index (χ0n) is 15.6. The summed E-state index contributed by atoms with van der Waals surface area (Å²) in [5.74, 6) is 0.581. The lowest BCUT2D eigenvalue weighted by molar-refractivity contribution is -0.116. The Morgan fingerprint density at radius 1 is 1.30 bits per heavy atom. The van der Waals surface area contributed by atoms with Gasteiger partial charge in [0.25, 0.3) is 5.91 Å². The van der Waals surface area contributed by atoms with Crippen molar-refractivity contribution in [2.24, 2.45) is 0 Å². The van der Waals surface area contributed by atoms with E-state index in [1.165, 1.54) is 4.88 Å². The molecule has 6 nitrogen and oxygen atoms in total. The normalized spacial score (nSPS) is 13.2. The van der Waals surface area contributed by atoms with Crippen molar-refractivity contribution in [2.75, 3.05) is 25.6 Å². The molecule has 0 radical (unpaired) electrons. The van der Waals surface area contributed by atoms with E-state index < -0.39 is 0 Å². The van der Waals surface area contributed by atoms with Crippen LogP contribution in [-0.2, 0) is 28.8 Å². The van der Waals surface area contributed by atoms with Gasteiger partial charge in [0, 0.05) is 38.0 Å². The van der Waals surface area contributed by atoms with Crippen LogP contribution >= 0.6 is 11.3 Å². The molecule has 7 heteroatoms. The second-order valence-electron chi connectivity index (χ2n) is 6.64. The van der Waals surface area contributed by atoms with Crippen LogP contribution in [0.1, 0.15) is 52.2 Å². The molecule has 1 aliphatic carbocycles. The van der Waals surface area contributed by atoms with Crippen LogP contribution in [0.4, 0.5) is 5.00 Å². The van der Waals surface area contributed by atoms with Crippen molar-refractivity contribution in [1.29, 1.82) is 0 Å². The van der Waals surface area contributed by atoms with Crippen LogP contribution in [0.5, 0.6) is 0 Å². The SMILES string of the molecule is COCCCNC(=O)c1c(NC(=O)CCc2ccco2)sc2c1CCCC2. The minimum absolute atomic E-state index is 0.0987. The van der Waals surface area contributed by atoms with Gasteiger partial charge in [0.1, 0.15) is 10.8 Å². The Morgan fingerprint density at radius 2 is 2.15 bits per heavy atom. The second kappa shape index (κ2) is 9.71. The van der Waals surface area contributed by atoms with Gasteiger partial charge in [0.15, 0.2) is 0 Å². The number of nitrogens with one attached hydrogen (secondary N) is 2. The van der Waals surface area contributed by atoms with Crippen LogP contribution in [-0.4, -0.2) is 32.1 Å². The van der Waals surface area contributed by atoms with Crippen molar-refractivity contribution in [1.82, 2.24) is 5.32 Å². The van der Waals surface area contributed by atoms with Crippen LogP contribution in [0.15, 0.2) is 22.8 Å². The van der Waals surface area contributed by atoms with Gasteiger partial charge in [-0.25, -0.2) is 0 Å². The highest BCUT2D eigenvalue weighted by atomic mass is 32.1. The van der Waals surface area contributed by atoms with Crippen molar-refractivity contribution in [3.05, 3.63) is 40.2 Å². The zero-order chi connectivity index (χ0) is 19.1. The Bertz CT molecular complexity index is 767. The van der Waals surface area contributed by atoms with Gasteiger partial charge in [-0.05, 0) is 49.8 Å². The highest BCUT2D eigenvalue weighted by Gasteiger charge is 2.26. The van der Waals surface area contributed by atoms with E-state index in [-0.39, 0.29) is 11.8 Å². The summed E-state index contributed by atoms with van der Waals surface area (Å²) in [6, 6.07) is 3.67. The molecule has 2 heterocycles. The van der Waals surface area contributed by atoms with E-state index in [4.69, 9.17) is 9.15 Å². The van der Waals surface area contributed by atoms with E-state index in [2.05, 4.69) is 10.6 Å². The number of amides is 2. The van der Waals surface area contributed by atoms with Gasteiger partial charge in [0.05, 0.1) is 11.8 Å². The molecule has 0 bridgehead atoms. The average Bonchev–Trinajstić information content (AvgIpc) is 3.30. The van der Waals surface area contributed by atoms with Crippen molar-refractivity contribution in [3.63, 3.8) is 0 Å². The Morgan fingerprint density at radius 3 is 2.93 bits per heavy atom. The van der Waals surface area contributed by atoms with Crippen molar-refractivity contribution < 1.29 is 18.7 Å². The number of hydrogen-bond donors (Lipinski definition) is 2. The zero-order valence-corrected chi connectivity index (χ0v) is 16.5. The van der Waals surface area contributed by atoms with Crippen molar-refractivity contribution in [3.8, 4) is 0 Å². The Kier molecular flexibility index (Phi) is 7.06. The van der Waals surface area contributed by atoms with Gasteiger partial charge in [-0.3, -0.25) is 9.59 Å². The molecule has 0 saturated heterocycles. The fraction of sp³-hybridized carbons (Fsp3) is 0.500. The maximum absolute atomic E-state index is 12.8. The molecule has 0 atom stereocenters. The van der Waals surface area contributed by atoms with Crippen LogP contribution < -0.4 is 10.6 Å². The number of carbonyl (C=O) groups is 2. The van der Waals surface area contributed by atoms with Crippen LogP contribution in [0.25, 0.3) is 0 Å².